The summed E-state index contributed by atoms with van der Waals surface area (Å²) < 4.78 is 0. The van der Waals surface area contributed by atoms with E-state index in [4.69, 9.17) is 0 Å². The number of likely N-dealkylation sites (N-methyl/N-ethyl adjacent to an activating group) is 2. The number of hydrogen-bond acceptors (Lipinski definition) is 4. The van der Waals surface area contributed by atoms with E-state index >= 15 is 0 Å². The monoisotopic (exact) mass is 347 g/mol. The minimum Gasteiger partial charge on any atom is -0.325 e. The molecule has 1 aliphatic rings. The second kappa shape index (κ2) is 8.82. The zero-order valence-corrected chi connectivity index (χ0v) is 15.6. The van der Waals surface area contributed by atoms with Crippen LogP contribution in [0.4, 0.5) is 16.2 Å². The van der Waals surface area contributed by atoms with E-state index in [-0.39, 0.29) is 11.9 Å². The third-order valence-electron chi connectivity index (χ3n) is 4.23. The summed E-state index contributed by atoms with van der Waals surface area (Å²) in [6.07, 6.45) is 0.976. The van der Waals surface area contributed by atoms with Crippen LogP contribution in [0.15, 0.2) is 18.2 Å². The largest absolute Gasteiger partial charge is 0.325 e. The smallest absolute Gasteiger partial charge is 0.321 e. The van der Waals surface area contributed by atoms with Crippen molar-refractivity contribution in [2.75, 3.05) is 64.5 Å². The Bertz CT molecular complexity index is 617. The minimum atomic E-state index is -0.0929. The number of urea groups is 1. The number of benzene rings is 1. The Morgan fingerprint density at radius 1 is 1.12 bits per heavy atom. The zero-order valence-electron chi connectivity index (χ0n) is 15.6. The van der Waals surface area contributed by atoms with Gasteiger partial charge in [-0.2, -0.15) is 0 Å². The average molecular weight is 347 g/mol. The fourth-order valence-electron chi connectivity index (χ4n) is 2.76. The lowest BCUT2D eigenvalue weighted by molar-refractivity contribution is -0.116. The maximum atomic E-state index is 12.5. The quantitative estimate of drug-likeness (QED) is 0.869. The molecule has 0 bridgehead atoms. The second-order valence-electron chi connectivity index (χ2n) is 6.89. The lowest BCUT2D eigenvalue weighted by Crippen LogP contribution is -2.37. The molecule has 7 nitrogen and oxygen atoms in total. The van der Waals surface area contributed by atoms with Crippen molar-refractivity contribution < 1.29 is 9.59 Å². The molecule has 7 heteroatoms. The highest BCUT2D eigenvalue weighted by Crippen LogP contribution is 2.21. The standard InChI is InChI=1S/C18H29N5O2/c1-14-6-7-15(12-16(14)20-17(24)13-21(2)3)19-18(25)23-9-5-8-22(4)10-11-23/h6-7,12H,5,8-11,13H2,1-4H3,(H,19,25)(H,20,24). The lowest BCUT2D eigenvalue weighted by Gasteiger charge is -2.21. The molecule has 2 N–H and O–H groups in total. The summed E-state index contributed by atoms with van der Waals surface area (Å²) in [5.74, 6) is -0.0767. The van der Waals surface area contributed by atoms with Crippen molar-refractivity contribution in [3.05, 3.63) is 23.8 Å². The second-order valence-corrected chi connectivity index (χ2v) is 6.89. The molecule has 1 aromatic carbocycles. The molecule has 25 heavy (non-hydrogen) atoms. The van der Waals surface area contributed by atoms with E-state index in [1.54, 1.807) is 0 Å². The first-order valence-corrected chi connectivity index (χ1v) is 8.65. The van der Waals surface area contributed by atoms with Gasteiger partial charge in [-0.05, 0) is 58.7 Å². The molecule has 0 aliphatic carbocycles. The normalized spacial score (nSPS) is 15.8. The Balaban J connectivity index is 2.01. The summed E-state index contributed by atoms with van der Waals surface area (Å²) >= 11 is 0. The van der Waals surface area contributed by atoms with E-state index in [2.05, 4.69) is 22.6 Å². The Labute approximate surface area is 150 Å². The third kappa shape index (κ3) is 6.03. The highest BCUT2D eigenvalue weighted by molar-refractivity contribution is 5.95. The number of rotatable bonds is 4. The van der Waals surface area contributed by atoms with Crippen LogP contribution in [0.2, 0.25) is 0 Å². The number of amides is 3. The van der Waals surface area contributed by atoms with Crippen molar-refractivity contribution in [1.82, 2.24) is 14.7 Å². The van der Waals surface area contributed by atoms with Gasteiger partial charge < -0.3 is 25.3 Å². The number of hydrogen-bond donors (Lipinski definition) is 2. The van der Waals surface area contributed by atoms with Crippen LogP contribution in [-0.2, 0) is 4.79 Å². The van der Waals surface area contributed by atoms with Crippen molar-refractivity contribution in [3.8, 4) is 0 Å². The molecule has 3 amide bonds. The molecular formula is C18H29N5O2. The fraction of sp³-hybridized carbons (Fsp3) is 0.556. The minimum absolute atomic E-state index is 0.0767. The molecule has 1 heterocycles. The van der Waals surface area contributed by atoms with E-state index in [0.29, 0.717) is 12.2 Å². The van der Waals surface area contributed by atoms with Crippen molar-refractivity contribution in [1.29, 1.82) is 0 Å². The van der Waals surface area contributed by atoms with Gasteiger partial charge in [0.1, 0.15) is 0 Å². The number of anilines is 2. The number of carbonyl (C=O) groups is 2. The van der Waals surface area contributed by atoms with Gasteiger partial charge in [0.05, 0.1) is 6.54 Å². The van der Waals surface area contributed by atoms with Gasteiger partial charge in [0.2, 0.25) is 5.91 Å². The number of aryl methyl sites for hydroxylation is 1. The van der Waals surface area contributed by atoms with Crippen molar-refractivity contribution in [3.63, 3.8) is 0 Å². The van der Waals surface area contributed by atoms with Crippen molar-refractivity contribution in [2.45, 2.75) is 13.3 Å². The summed E-state index contributed by atoms with van der Waals surface area (Å²) in [6, 6.07) is 5.48. The first-order chi connectivity index (χ1) is 11.8. The van der Waals surface area contributed by atoms with Crippen LogP contribution in [-0.4, -0.2) is 80.5 Å². The summed E-state index contributed by atoms with van der Waals surface area (Å²) in [4.78, 5) is 30.4. The molecule has 1 saturated heterocycles. The first kappa shape index (κ1) is 19.2. The van der Waals surface area contributed by atoms with Crippen molar-refractivity contribution >= 4 is 23.3 Å². The van der Waals surface area contributed by atoms with E-state index in [9.17, 15) is 9.59 Å². The van der Waals surface area contributed by atoms with Gasteiger partial charge in [0.15, 0.2) is 0 Å². The maximum absolute atomic E-state index is 12.5. The lowest BCUT2D eigenvalue weighted by atomic mass is 10.1. The fourth-order valence-corrected chi connectivity index (χ4v) is 2.76. The number of nitrogens with one attached hydrogen (secondary N) is 2. The first-order valence-electron chi connectivity index (χ1n) is 8.65. The number of nitrogens with zero attached hydrogens (tertiary/aromatic N) is 3. The molecule has 0 saturated carbocycles. The van der Waals surface area contributed by atoms with Crippen LogP contribution in [0.1, 0.15) is 12.0 Å². The maximum Gasteiger partial charge on any atom is 0.321 e. The van der Waals surface area contributed by atoms with E-state index < -0.39 is 0 Å². The molecule has 1 aromatic rings. The van der Waals surface area contributed by atoms with Gasteiger partial charge in [-0.15, -0.1) is 0 Å². The zero-order chi connectivity index (χ0) is 18.4. The van der Waals surface area contributed by atoms with E-state index in [0.717, 1.165) is 43.9 Å². The molecule has 1 fully saturated rings. The van der Waals surface area contributed by atoms with Gasteiger partial charge >= 0.3 is 6.03 Å². The van der Waals surface area contributed by atoms with Gasteiger partial charge in [0.25, 0.3) is 0 Å². The molecule has 0 atom stereocenters. The molecule has 0 spiro atoms. The number of carbonyl (C=O) groups excluding carboxylic acids is 2. The van der Waals surface area contributed by atoms with Crippen LogP contribution < -0.4 is 10.6 Å². The van der Waals surface area contributed by atoms with Crippen LogP contribution in [0.25, 0.3) is 0 Å². The predicted molar refractivity (Wildman–Crippen MR) is 101 cm³/mol. The van der Waals surface area contributed by atoms with Gasteiger partial charge in [0, 0.05) is 31.0 Å². The predicted octanol–water partition coefficient (Wildman–Crippen LogP) is 1.66. The summed E-state index contributed by atoms with van der Waals surface area (Å²) in [7, 11) is 5.77. The molecule has 0 radical (unpaired) electrons. The Hall–Kier alpha value is -2.12. The Morgan fingerprint density at radius 3 is 2.60 bits per heavy atom. The van der Waals surface area contributed by atoms with Crippen LogP contribution in [0, 0.1) is 6.92 Å². The SMILES string of the molecule is Cc1ccc(NC(=O)N2CCCN(C)CC2)cc1NC(=O)CN(C)C. The van der Waals surface area contributed by atoms with Crippen molar-refractivity contribution in [2.24, 2.45) is 0 Å². The highest BCUT2D eigenvalue weighted by Gasteiger charge is 2.17. The molecule has 0 aromatic heterocycles. The molecule has 2 rings (SSSR count). The Morgan fingerprint density at radius 2 is 1.88 bits per heavy atom. The molecule has 0 unspecified atom stereocenters. The van der Waals surface area contributed by atoms with Gasteiger partial charge in [-0.1, -0.05) is 6.07 Å². The topological polar surface area (TPSA) is 67.9 Å². The third-order valence-corrected chi connectivity index (χ3v) is 4.23. The summed E-state index contributed by atoms with van der Waals surface area (Å²) in [5.41, 5.74) is 2.37. The van der Waals surface area contributed by atoms with E-state index in [1.807, 2.05) is 49.0 Å². The van der Waals surface area contributed by atoms with Crippen LogP contribution in [0.5, 0.6) is 0 Å². The van der Waals surface area contributed by atoms with Gasteiger partial charge in [-0.25, -0.2) is 4.79 Å². The molecule has 1 aliphatic heterocycles. The van der Waals surface area contributed by atoms with Gasteiger partial charge in [-0.3, -0.25) is 4.79 Å². The molecular weight excluding hydrogens is 318 g/mol. The Kier molecular flexibility index (Phi) is 6.78. The van der Waals surface area contributed by atoms with Crippen LogP contribution >= 0.6 is 0 Å². The van der Waals surface area contributed by atoms with E-state index in [1.165, 1.54) is 0 Å². The van der Waals surface area contributed by atoms with Crippen LogP contribution in [0.3, 0.4) is 0 Å². The summed E-state index contributed by atoms with van der Waals surface area (Å²) in [6.45, 7) is 5.62. The molecule has 138 valence electrons. The summed E-state index contributed by atoms with van der Waals surface area (Å²) in [5, 5.41) is 5.84. The highest BCUT2D eigenvalue weighted by atomic mass is 16.2. The average Bonchev–Trinajstić information content (AvgIpc) is 2.74.